The number of nitrogens with one attached hydrogen (secondary N) is 1. The van der Waals surface area contributed by atoms with Crippen molar-refractivity contribution in [2.75, 3.05) is 0 Å². The zero-order chi connectivity index (χ0) is 13.1. The molecule has 0 aliphatic heterocycles. The zero-order valence-corrected chi connectivity index (χ0v) is 10.7. The molecule has 94 valence electrons. The molecule has 0 saturated heterocycles. The van der Waals surface area contributed by atoms with Gasteiger partial charge in [0, 0.05) is 11.4 Å². The van der Waals surface area contributed by atoms with E-state index in [2.05, 4.69) is 9.97 Å². The lowest BCUT2D eigenvalue weighted by atomic mass is 10.1. The molecule has 5 heteroatoms. The average molecular weight is 265 g/mol. The van der Waals surface area contributed by atoms with E-state index in [4.69, 9.17) is 11.6 Å². The van der Waals surface area contributed by atoms with Crippen LogP contribution in [0.3, 0.4) is 0 Å². The van der Waals surface area contributed by atoms with Crippen molar-refractivity contribution >= 4 is 11.6 Å². The highest BCUT2D eigenvalue weighted by molar-refractivity contribution is 6.30. The lowest BCUT2D eigenvalue weighted by Crippen LogP contribution is -2.16. The fourth-order valence-corrected chi connectivity index (χ4v) is 1.99. The highest BCUT2D eigenvalue weighted by atomic mass is 35.5. The Hall–Kier alpha value is -1.81. The Labute approximate surface area is 109 Å². The summed E-state index contributed by atoms with van der Waals surface area (Å²) >= 11 is 5.88. The fraction of sp³-hybridized carbons (Fsp3) is 0.231. The molecule has 4 nitrogen and oxygen atoms in total. The summed E-state index contributed by atoms with van der Waals surface area (Å²) < 4.78 is 0. The van der Waals surface area contributed by atoms with Crippen molar-refractivity contribution in [3.8, 4) is 5.88 Å². The Balaban J connectivity index is 2.33. The van der Waals surface area contributed by atoms with E-state index in [1.807, 2.05) is 12.1 Å². The third-order valence-corrected chi connectivity index (χ3v) is 2.89. The maximum absolute atomic E-state index is 11.7. The number of rotatable bonds is 3. The second-order valence-corrected chi connectivity index (χ2v) is 4.41. The van der Waals surface area contributed by atoms with Crippen LogP contribution in [0.15, 0.2) is 29.1 Å². The molecule has 1 heterocycles. The monoisotopic (exact) mass is 264 g/mol. The lowest BCUT2D eigenvalue weighted by Gasteiger charge is -2.05. The van der Waals surface area contributed by atoms with E-state index in [0.29, 0.717) is 29.3 Å². The molecule has 0 atom stereocenters. The number of aromatic amines is 1. The number of hydrogen-bond donors (Lipinski definition) is 2. The molecule has 0 bridgehead atoms. The molecule has 1 aromatic heterocycles. The van der Waals surface area contributed by atoms with Crippen LogP contribution in [0.25, 0.3) is 0 Å². The largest absolute Gasteiger partial charge is 0.493 e. The van der Waals surface area contributed by atoms with E-state index in [0.717, 1.165) is 5.56 Å². The Morgan fingerprint density at radius 3 is 2.83 bits per heavy atom. The molecule has 1 aromatic carbocycles. The van der Waals surface area contributed by atoms with Crippen molar-refractivity contribution in [1.82, 2.24) is 9.97 Å². The predicted molar refractivity (Wildman–Crippen MR) is 70.2 cm³/mol. The topological polar surface area (TPSA) is 66.0 Å². The quantitative estimate of drug-likeness (QED) is 0.894. The maximum Gasteiger partial charge on any atom is 0.257 e. The number of benzene rings is 1. The maximum atomic E-state index is 11.7. The first-order valence-electron chi connectivity index (χ1n) is 5.65. The van der Waals surface area contributed by atoms with E-state index in [1.165, 1.54) is 0 Å². The highest BCUT2D eigenvalue weighted by Crippen LogP contribution is 2.14. The molecule has 2 N–H and O–H groups in total. The van der Waals surface area contributed by atoms with Crippen molar-refractivity contribution in [3.63, 3.8) is 0 Å². The Morgan fingerprint density at radius 2 is 2.22 bits per heavy atom. The van der Waals surface area contributed by atoms with Crippen LogP contribution in [0.5, 0.6) is 5.88 Å². The van der Waals surface area contributed by atoms with Crippen LogP contribution in [0.4, 0.5) is 0 Å². The fourth-order valence-electron chi connectivity index (χ4n) is 1.77. The van der Waals surface area contributed by atoms with Gasteiger partial charge in [-0.2, -0.15) is 4.98 Å². The Kier molecular flexibility index (Phi) is 3.67. The van der Waals surface area contributed by atoms with E-state index < -0.39 is 0 Å². The number of halogens is 1. The molecule has 0 fully saturated rings. The molecule has 0 amide bonds. The normalized spacial score (nSPS) is 10.6. The Bertz CT molecular complexity index is 623. The minimum atomic E-state index is -0.290. The van der Waals surface area contributed by atoms with E-state index in [1.54, 1.807) is 19.1 Å². The summed E-state index contributed by atoms with van der Waals surface area (Å²) in [5, 5.41) is 10.3. The first-order valence-corrected chi connectivity index (χ1v) is 6.03. The van der Waals surface area contributed by atoms with E-state index in [9.17, 15) is 9.90 Å². The van der Waals surface area contributed by atoms with Gasteiger partial charge < -0.3 is 10.1 Å². The predicted octanol–water partition coefficient (Wildman–Crippen LogP) is 2.28. The van der Waals surface area contributed by atoms with Crippen LogP contribution in [0.2, 0.25) is 5.02 Å². The summed E-state index contributed by atoms with van der Waals surface area (Å²) in [6.45, 7) is 1.79. The van der Waals surface area contributed by atoms with Gasteiger partial charge in [0.2, 0.25) is 5.88 Å². The summed E-state index contributed by atoms with van der Waals surface area (Å²) in [7, 11) is 0. The number of nitrogens with zero attached hydrogens (tertiary/aromatic N) is 1. The second-order valence-electron chi connectivity index (χ2n) is 3.98. The Morgan fingerprint density at radius 1 is 1.44 bits per heavy atom. The SMILES string of the molecule is CCc1c(O)nc(Cc2cccc(Cl)c2)[nH]c1=O. The zero-order valence-electron chi connectivity index (χ0n) is 9.90. The van der Waals surface area contributed by atoms with Crippen molar-refractivity contribution in [3.05, 3.63) is 56.6 Å². The number of H-pyrrole nitrogens is 1. The van der Waals surface area contributed by atoms with Gasteiger partial charge in [-0.25, -0.2) is 0 Å². The minimum Gasteiger partial charge on any atom is -0.493 e. The van der Waals surface area contributed by atoms with Crippen molar-refractivity contribution in [1.29, 1.82) is 0 Å². The summed E-state index contributed by atoms with van der Waals surface area (Å²) in [6, 6.07) is 7.29. The number of hydrogen-bond acceptors (Lipinski definition) is 3. The third kappa shape index (κ3) is 2.71. The van der Waals surface area contributed by atoms with Crippen LogP contribution in [0, 0.1) is 0 Å². The molecule has 18 heavy (non-hydrogen) atoms. The first-order chi connectivity index (χ1) is 8.60. The molecule has 2 rings (SSSR count). The highest BCUT2D eigenvalue weighted by Gasteiger charge is 2.09. The summed E-state index contributed by atoms with van der Waals surface area (Å²) in [4.78, 5) is 18.3. The van der Waals surface area contributed by atoms with E-state index >= 15 is 0 Å². The van der Waals surface area contributed by atoms with Crippen molar-refractivity contribution < 1.29 is 5.11 Å². The molecule has 2 aromatic rings. The van der Waals surface area contributed by atoms with Gasteiger partial charge in [0.15, 0.2) is 0 Å². The van der Waals surface area contributed by atoms with Gasteiger partial charge in [-0.15, -0.1) is 0 Å². The first kappa shape index (κ1) is 12.6. The van der Waals surface area contributed by atoms with Gasteiger partial charge in [-0.3, -0.25) is 4.79 Å². The summed E-state index contributed by atoms with van der Waals surface area (Å²) in [5.41, 5.74) is 0.946. The van der Waals surface area contributed by atoms with Gasteiger partial charge in [0.1, 0.15) is 5.82 Å². The van der Waals surface area contributed by atoms with Crippen LogP contribution in [-0.4, -0.2) is 15.1 Å². The molecule has 0 aliphatic rings. The molecular formula is C13H13ClN2O2. The lowest BCUT2D eigenvalue weighted by molar-refractivity contribution is 0.440. The summed E-state index contributed by atoms with van der Waals surface area (Å²) in [5.74, 6) is 0.232. The molecule has 0 aliphatic carbocycles. The standard InChI is InChI=1S/C13H13ClN2O2/c1-2-10-12(17)15-11(16-13(10)18)7-8-4-3-5-9(14)6-8/h3-6H,2,7H2,1H3,(H2,15,16,17,18). The van der Waals surface area contributed by atoms with Gasteiger partial charge >= 0.3 is 0 Å². The van der Waals surface area contributed by atoms with Gasteiger partial charge in [-0.1, -0.05) is 30.7 Å². The molecule has 0 radical (unpaired) electrons. The second kappa shape index (κ2) is 5.23. The van der Waals surface area contributed by atoms with Gasteiger partial charge in [-0.05, 0) is 24.1 Å². The van der Waals surface area contributed by atoms with E-state index in [-0.39, 0.29) is 11.4 Å². The van der Waals surface area contributed by atoms with Gasteiger partial charge in [0.05, 0.1) is 5.56 Å². The van der Waals surface area contributed by atoms with Crippen molar-refractivity contribution in [2.45, 2.75) is 19.8 Å². The average Bonchev–Trinajstić information content (AvgIpc) is 2.28. The molecular weight excluding hydrogens is 252 g/mol. The molecule has 0 unspecified atom stereocenters. The van der Waals surface area contributed by atoms with Crippen LogP contribution in [0.1, 0.15) is 23.9 Å². The summed E-state index contributed by atoms with van der Waals surface area (Å²) in [6.07, 6.45) is 0.874. The van der Waals surface area contributed by atoms with Crippen molar-refractivity contribution in [2.24, 2.45) is 0 Å². The minimum absolute atomic E-state index is 0.196. The van der Waals surface area contributed by atoms with Crippen LogP contribution in [-0.2, 0) is 12.8 Å². The van der Waals surface area contributed by atoms with Crippen LogP contribution < -0.4 is 5.56 Å². The third-order valence-electron chi connectivity index (χ3n) is 2.66. The van der Waals surface area contributed by atoms with Gasteiger partial charge in [0.25, 0.3) is 5.56 Å². The van der Waals surface area contributed by atoms with Crippen LogP contribution >= 0.6 is 11.6 Å². The molecule has 0 saturated carbocycles. The number of aromatic hydroxyl groups is 1. The number of aromatic nitrogens is 2. The smallest absolute Gasteiger partial charge is 0.257 e. The molecule has 0 spiro atoms.